The molecule has 0 radical (unpaired) electrons. The predicted octanol–water partition coefficient (Wildman–Crippen LogP) is 3.16. The summed E-state index contributed by atoms with van der Waals surface area (Å²) in [6, 6.07) is 16.6. The van der Waals surface area contributed by atoms with Gasteiger partial charge in [-0.15, -0.1) is 0 Å². The van der Waals surface area contributed by atoms with E-state index in [4.69, 9.17) is 4.74 Å². The smallest absolute Gasteiger partial charge is 0.191 e. The lowest BCUT2D eigenvalue weighted by molar-refractivity contribution is 0.411. The normalized spacial score (nSPS) is 11.3. The van der Waals surface area contributed by atoms with Gasteiger partial charge in [0.2, 0.25) is 0 Å². The highest BCUT2D eigenvalue weighted by molar-refractivity contribution is 5.79. The Hall–Kier alpha value is -3.28. The Morgan fingerprint density at radius 3 is 2.66 bits per heavy atom. The Balaban J connectivity index is 1.45. The Morgan fingerprint density at radius 2 is 1.90 bits per heavy atom. The van der Waals surface area contributed by atoms with Crippen molar-refractivity contribution >= 4 is 5.96 Å². The van der Waals surface area contributed by atoms with Crippen molar-refractivity contribution in [3.63, 3.8) is 0 Å². The molecule has 3 aromatic rings. The lowest BCUT2D eigenvalue weighted by Gasteiger charge is -2.12. The van der Waals surface area contributed by atoms with Crippen LogP contribution in [0.25, 0.3) is 0 Å². The molecule has 0 saturated carbocycles. The molecule has 0 aliphatic carbocycles. The number of guanidine groups is 1. The summed E-state index contributed by atoms with van der Waals surface area (Å²) in [5.74, 6) is 1.71. The molecular weight excluding hydrogens is 362 g/mol. The topological polar surface area (TPSA) is 63.5 Å². The molecule has 0 aliphatic heterocycles. The van der Waals surface area contributed by atoms with Crippen LogP contribution in [0.1, 0.15) is 22.3 Å². The minimum atomic E-state index is 0.673. The summed E-state index contributed by atoms with van der Waals surface area (Å²) in [6.45, 7) is 4.29. The summed E-state index contributed by atoms with van der Waals surface area (Å²) >= 11 is 0. The van der Waals surface area contributed by atoms with E-state index in [0.29, 0.717) is 6.54 Å². The first-order chi connectivity index (χ1) is 14.2. The summed E-state index contributed by atoms with van der Waals surface area (Å²) in [6.07, 6.45) is 4.85. The van der Waals surface area contributed by atoms with E-state index in [9.17, 15) is 0 Å². The molecule has 6 nitrogen and oxygen atoms in total. The fraction of sp³-hybridized carbons (Fsp3) is 0.304. The highest BCUT2D eigenvalue weighted by Crippen LogP contribution is 2.19. The Labute approximate surface area is 172 Å². The van der Waals surface area contributed by atoms with Crippen molar-refractivity contribution in [2.45, 2.75) is 26.4 Å². The zero-order chi connectivity index (χ0) is 20.5. The molecule has 0 spiro atoms. The van der Waals surface area contributed by atoms with Gasteiger partial charge in [-0.2, -0.15) is 5.10 Å². The van der Waals surface area contributed by atoms with E-state index in [1.165, 1.54) is 11.1 Å². The number of benzene rings is 2. The second-order valence-corrected chi connectivity index (χ2v) is 6.94. The van der Waals surface area contributed by atoms with Gasteiger partial charge in [0.25, 0.3) is 0 Å². The molecule has 2 aromatic carbocycles. The van der Waals surface area contributed by atoms with Crippen LogP contribution >= 0.6 is 0 Å². The van der Waals surface area contributed by atoms with E-state index < -0.39 is 0 Å². The maximum Gasteiger partial charge on any atom is 0.191 e. The number of ether oxygens (including phenoxy) is 1. The highest BCUT2D eigenvalue weighted by atomic mass is 16.5. The van der Waals surface area contributed by atoms with Crippen LogP contribution in [0.3, 0.4) is 0 Å². The van der Waals surface area contributed by atoms with Crippen LogP contribution in [0.5, 0.6) is 5.75 Å². The SMILES string of the molecule is CN=C(NCCc1ccc(C)c(OC)c1)NCc1cnn(Cc2ccccc2)c1. The molecule has 0 amide bonds. The van der Waals surface area contributed by atoms with E-state index >= 15 is 0 Å². The first-order valence-corrected chi connectivity index (χ1v) is 9.81. The van der Waals surface area contributed by atoms with Crippen LogP contribution < -0.4 is 15.4 Å². The second-order valence-electron chi connectivity index (χ2n) is 6.94. The summed E-state index contributed by atoms with van der Waals surface area (Å²) in [5, 5.41) is 11.1. The Bertz CT molecular complexity index is 933. The van der Waals surface area contributed by atoms with Gasteiger partial charge in [0.05, 0.1) is 19.9 Å². The number of aromatic nitrogens is 2. The average Bonchev–Trinajstić information content (AvgIpc) is 3.19. The van der Waals surface area contributed by atoms with Crippen LogP contribution in [-0.4, -0.2) is 36.4 Å². The number of nitrogens with one attached hydrogen (secondary N) is 2. The minimum Gasteiger partial charge on any atom is -0.496 e. The number of aliphatic imine (C=N–C) groups is 1. The number of hydrogen-bond donors (Lipinski definition) is 2. The van der Waals surface area contributed by atoms with E-state index in [2.05, 4.69) is 64.2 Å². The largest absolute Gasteiger partial charge is 0.496 e. The number of methoxy groups -OCH3 is 1. The lowest BCUT2D eigenvalue weighted by Crippen LogP contribution is -2.37. The number of hydrogen-bond acceptors (Lipinski definition) is 3. The summed E-state index contributed by atoms with van der Waals surface area (Å²) in [5.41, 5.74) is 4.74. The molecule has 2 N–H and O–H groups in total. The van der Waals surface area contributed by atoms with Crippen LogP contribution in [0, 0.1) is 6.92 Å². The molecule has 29 heavy (non-hydrogen) atoms. The molecule has 0 aliphatic rings. The molecule has 152 valence electrons. The molecule has 0 unspecified atom stereocenters. The van der Waals surface area contributed by atoms with Crippen molar-refractivity contribution in [2.75, 3.05) is 20.7 Å². The Morgan fingerprint density at radius 1 is 1.07 bits per heavy atom. The van der Waals surface area contributed by atoms with Gasteiger partial charge in [0.15, 0.2) is 5.96 Å². The zero-order valence-corrected chi connectivity index (χ0v) is 17.4. The van der Waals surface area contributed by atoms with Gasteiger partial charge in [0, 0.05) is 31.9 Å². The van der Waals surface area contributed by atoms with Gasteiger partial charge in [0.1, 0.15) is 5.75 Å². The van der Waals surface area contributed by atoms with E-state index in [-0.39, 0.29) is 0 Å². The minimum absolute atomic E-state index is 0.673. The van der Waals surface area contributed by atoms with Gasteiger partial charge in [-0.1, -0.05) is 42.5 Å². The molecule has 3 rings (SSSR count). The number of nitrogens with zero attached hydrogens (tertiary/aromatic N) is 3. The highest BCUT2D eigenvalue weighted by Gasteiger charge is 2.04. The molecule has 6 heteroatoms. The van der Waals surface area contributed by atoms with Crippen LogP contribution in [0.15, 0.2) is 65.9 Å². The lowest BCUT2D eigenvalue weighted by atomic mass is 10.1. The quantitative estimate of drug-likeness (QED) is 0.457. The second kappa shape index (κ2) is 10.3. The van der Waals surface area contributed by atoms with Gasteiger partial charge in [-0.25, -0.2) is 0 Å². The van der Waals surface area contributed by atoms with Crippen molar-refractivity contribution in [2.24, 2.45) is 4.99 Å². The first-order valence-electron chi connectivity index (χ1n) is 9.81. The molecule has 0 bridgehead atoms. The molecule has 0 fully saturated rings. The summed E-state index contributed by atoms with van der Waals surface area (Å²) in [7, 11) is 3.49. The monoisotopic (exact) mass is 391 g/mol. The van der Waals surface area contributed by atoms with Gasteiger partial charge in [-0.05, 0) is 36.1 Å². The summed E-state index contributed by atoms with van der Waals surface area (Å²) in [4.78, 5) is 4.30. The van der Waals surface area contributed by atoms with Crippen LogP contribution in [0.2, 0.25) is 0 Å². The third-order valence-corrected chi connectivity index (χ3v) is 4.74. The Kier molecular flexibility index (Phi) is 7.28. The number of rotatable bonds is 8. The van der Waals surface area contributed by atoms with Gasteiger partial charge < -0.3 is 15.4 Å². The van der Waals surface area contributed by atoms with Gasteiger partial charge in [-0.3, -0.25) is 9.67 Å². The van der Waals surface area contributed by atoms with Crippen molar-refractivity contribution in [1.82, 2.24) is 20.4 Å². The average molecular weight is 392 g/mol. The third-order valence-electron chi connectivity index (χ3n) is 4.74. The maximum atomic E-state index is 5.40. The van der Waals surface area contributed by atoms with Gasteiger partial charge >= 0.3 is 0 Å². The van der Waals surface area contributed by atoms with Crippen molar-refractivity contribution < 1.29 is 4.74 Å². The van der Waals surface area contributed by atoms with E-state index in [1.54, 1.807) is 14.2 Å². The summed E-state index contributed by atoms with van der Waals surface area (Å²) < 4.78 is 7.35. The maximum absolute atomic E-state index is 5.40. The molecular formula is C23H29N5O. The number of aryl methyl sites for hydroxylation is 1. The molecule has 0 saturated heterocycles. The molecule has 1 heterocycles. The predicted molar refractivity (Wildman–Crippen MR) is 117 cm³/mol. The zero-order valence-electron chi connectivity index (χ0n) is 17.4. The standard InChI is InChI=1S/C23H29N5O/c1-18-9-10-19(13-22(18)29-3)11-12-25-23(24-2)26-14-21-15-27-28(17-21)16-20-7-5-4-6-8-20/h4-10,13,15,17H,11-12,14,16H2,1-3H3,(H2,24,25,26). The molecule has 1 aromatic heterocycles. The first kappa shape index (κ1) is 20.5. The fourth-order valence-corrected chi connectivity index (χ4v) is 3.11. The van der Waals surface area contributed by atoms with Crippen LogP contribution in [-0.2, 0) is 19.5 Å². The van der Waals surface area contributed by atoms with Crippen molar-refractivity contribution in [3.8, 4) is 5.75 Å². The molecule has 0 atom stereocenters. The van der Waals surface area contributed by atoms with Crippen molar-refractivity contribution in [3.05, 3.63) is 83.2 Å². The van der Waals surface area contributed by atoms with E-state index in [0.717, 1.165) is 42.3 Å². The van der Waals surface area contributed by atoms with E-state index in [1.807, 2.05) is 29.1 Å². The third kappa shape index (κ3) is 6.10. The fourth-order valence-electron chi connectivity index (χ4n) is 3.11. The van der Waals surface area contributed by atoms with Crippen LogP contribution in [0.4, 0.5) is 0 Å². The van der Waals surface area contributed by atoms with Crippen molar-refractivity contribution in [1.29, 1.82) is 0 Å².